The maximum absolute atomic E-state index is 11.6. The number of carbonyl (C=O) groups is 2. The quantitative estimate of drug-likeness (QED) is 0.458. The number of nitrogens with zero attached hydrogens (tertiary/aromatic N) is 2. The van der Waals surface area contributed by atoms with Crippen LogP contribution in [0.4, 0.5) is 0 Å². The summed E-state index contributed by atoms with van der Waals surface area (Å²) < 4.78 is 13.8. The summed E-state index contributed by atoms with van der Waals surface area (Å²) in [6.45, 7) is 0. The van der Waals surface area contributed by atoms with Crippen LogP contribution in [0.2, 0.25) is 0 Å². The van der Waals surface area contributed by atoms with Crippen LogP contribution in [0.1, 0.15) is 26.6 Å². The zero-order valence-corrected chi connectivity index (χ0v) is 10.2. The Morgan fingerprint density at radius 1 is 1.26 bits per heavy atom. The van der Waals surface area contributed by atoms with Crippen molar-refractivity contribution >= 4 is 18.0 Å². The Morgan fingerprint density at radius 3 is 2.53 bits per heavy atom. The Hall–Kier alpha value is -2.88. The highest BCUT2D eigenvalue weighted by Gasteiger charge is 2.27. The Labute approximate surface area is 108 Å². The van der Waals surface area contributed by atoms with Gasteiger partial charge in [-0.05, 0) is 6.08 Å². The maximum atomic E-state index is 11.6. The molecule has 0 atom stereocenters. The van der Waals surface area contributed by atoms with Gasteiger partial charge in [0.25, 0.3) is 5.76 Å². The van der Waals surface area contributed by atoms with Gasteiger partial charge in [0.1, 0.15) is 11.3 Å². The molecule has 0 aromatic carbocycles. The summed E-state index contributed by atoms with van der Waals surface area (Å²) in [6, 6.07) is 1.79. The van der Waals surface area contributed by atoms with E-state index in [4.69, 9.17) is 9.78 Å². The molecule has 0 saturated carbocycles. The number of allylic oxidation sites excluding steroid dienone is 3. The topological polar surface area (TPSA) is 102 Å². The van der Waals surface area contributed by atoms with Crippen molar-refractivity contribution in [1.82, 2.24) is 5.16 Å². The monoisotopic (exact) mass is 262 g/mol. The van der Waals surface area contributed by atoms with Crippen LogP contribution in [0, 0.1) is 11.3 Å². The Morgan fingerprint density at radius 2 is 1.95 bits per heavy atom. The molecule has 98 valence electrons. The van der Waals surface area contributed by atoms with Gasteiger partial charge in [0.05, 0.1) is 20.3 Å². The molecule has 0 unspecified atom stereocenters. The number of rotatable bonds is 4. The first kappa shape index (κ1) is 14.2. The smallest absolute Gasteiger partial charge is 0.377 e. The molecule has 0 aliphatic rings. The maximum Gasteiger partial charge on any atom is 0.377 e. The minimum absolute atomic E-state index is 0.106. The molecule has 0 spiro atoms. The van der Waals surface area contributed by atoms with Gasteiger partial charge >= 0.3 is 11.9 Å². The predicted molar refractivity (Wildman–Crippen MR) is 63.0 cm³/mol. The third-order valence-electron chi connectivity index (χ3n) is 2.01. The van der Waals surface area contributed by atoms with Crippen LogP contribution in [-0.2, 0) is 9.47 Å². The number of methoxy groups -OCH3 is 2. The average Bonchev–Trinajstić information content (AvgIpc) is 2.85. The van der Waals surface area contributed by atoms with E-state index in [9.17, 15) is 9.59 Å². The summed E-state index contributed by atoms with van der Waals surface area (Å²) in [5.41, 5.74) is -0.0224. The van der Waals surface area contributed by atoms with Crippen molar-refractivity contribution in [3.05, 3.63) is 35.2 Å². The van der Waals surface area contributed by atoms with Gasteiger partial charge in [0.2, 0.25) is 0 Å². The number of hydrogen-bond donors (Lipinski definition) is 0. The fraction of sp³-hybridized carbons (Fsp3) is 0.167. The van der Waals surface area contributed by atoms with E-state index in [0.717, 1.165) is 7.11 Å². The molecule has 19 heavy (non-hydrogen) atoms. The average molecular weight is 262 g/mol. The number of carbonyl (C=O) groups excluding carboxylic acids is 2. The Balaban J connectivity index is 3.19. The largest absolute Gasteiger partial charge is 0.465 e. The van der Waals surface area contributed by atoms with E-state index in [2.05, 4.69) is 14.6 Å². The standard InChI is InChI=1S/C12H10N2O5/c1-17-11(15)9-8(6-4-3-5-7-13)14-19-10(9)12(16)18-2/h3-6H,1-2H3/b5-3+,6-4+. The van der Waals surface area contributed by atoms with Crippen LogP contribution >= 0.6 is 0 Å². The summed E-state index contributed by atoms with van der Waals surface area (Å²) >= 11 is 0. The number of ether oxygens (including phenoxy) is 2. The molecule has 7 nitrogen and oxygen atoms in total. The molecule has 0 amide bonds. The van der Waals surface area contributed by atoms with Crippen LogP contribution in [0.15, 0.2) is 22.8 Å². The van der Waals surface area contributed by atoms with Crippen molar-refractivity contribution in [3.63, 3.8) is 0 Å². The Bertz CT molecular complexity index is 577. The van der Waals surface area contributed by atoms with Crippen LogP contribution in [0.3, 0.4) is 0 Å². The van der Waals surface area contributed by atoms with Crippen LogP contribution in [0.25, 0.3) is 6.08 Å². The van der Waals surface area contributed by atoms with Crippen molar-refractivity contribution in [1.29, 1.82) is 5.26 Å². The first-order valence-electron chi connectivity index (χ1n) is 5.04. The summed E-state index contributed by atoms with van der Waals surface area (Å²) in [7, 11) is 2.32. The lowest BCUT2D eigenvalue weighted by Gasteiger charge is -1.98. The lowest BCUT2D eigenvalue weighted by atomic mass is 10.1. The van der Waals surface area contributed by atoms with Gasteiger partial charge in [-0.1, -0.05) is 17.3 Å². The van der Waals surface area contributed by atoms with Crippen LogP contribution < -0.4 is 0 Å². The molecule has 0 fully saturated rings. The molecule has 0 radical (unpaired) electrons. The van der Waals surface area contributed by atoms with E-state index >= 15 is 0 Å². The first-order chi connectivity index (χ1) is 9.15. The fourth-order valence-electron chi connectivity index (χ4n) is 1.19. The third-order valence-corrected chi connectivity index (χ3v) is 2.01. The van der Waals surface area contributed by atoms with Crippen molar-refractivity contribution in [3.8, 4) is 6.07 Å². The first-order valence-corrected chi connectivity index (χ1v) is 5.04. The molecular weight excluding hydrogens is 252 g/mol. The molecular formula is C12H10N2O5. The highest BCUT2D eigenvalue weighted by atomic mass is 16.6. The van der Waals surface area contributed by atoms with Gasteiger partial charge in [-0.15, -0.1) is 0 Å². The van der Waals surface area contributed by atoms with Gasteiger partial charge < -0.3 is 14.0 Å². The van der Waals surface area contributed by atoms with E-state index in [0.29, 0.717) is 0 Å². The SMILES string of the molecule is COC(=O)c1onc(/C=C/C=C/C#N)c1C(=O)OC. The minimum Gasteiger partial charge on any atom is -0.465 e. The molecule has 1 aromatic heterocycles. The highest BCUT2D eigenvalue weighted by molar-refractivity contribution is 6.03. The molecule has 0 N–H and O–H groups in total. The van der Waals surface area contributed by atoms with Crippen molar-refractivity contribution < 1.29 is 23.6 Å². The zero-order valence-electron chi connectivity index (χ0n) is 10.2. The highest BCUT2D eigenvalue weighted by Crippen LogP contribution is 2.18. The second kappa shape index (κ2) is 6.76. The number of aromatic nitrogens is 1. The molecule has 1 rings (SSSR count). The summed E-state index contributed by atoms with van der Waals surface area (Å²) in [5.74, 6) is -1.94. The van der Waals surface area contributed by atoms with E-state index in [1.54, 1.807) is 6.07 Å². The van der Waals surface area contributed by atoms with Gasteiger partial charge in [0.15, 0.2) is 0 Å². The van der Waals surface area contributed by atoms with Gasteiger partial charge in [-0.25, -0.2) is 9.59 Å². The summed E-state index contributed by atoms with van der Waals surface area (Å²) in [6.07, 6.45) is 5.54. The second-order valence-corrected chi connectivity index (χ2v) is 3.10. The van der Waals surface area contributed by atoms with E-state index < -0.39 is 11.9 Å². The molecule has 0 aliphatic heterocycles. The Kier molecular flexibility index (Phi) is 5.04. The van der Waals surface area contributed by atoms with Crippen LogP contribution in [0.5, 0.6) is 0 Å². The van der Waals surface area contributed by atoms with Crippen molar-refractivity contribution in [2.75, 3.05) is 14.2 Å². The summed E-state index contributed by atoms with van der Waals surface area (Å²) in [4.78, 5) is 23.0. The van der Waals surface area contributed by atoms with E-state index in [1.165, 1.54) is 31.4 Å². The molecule has 0 bridgehead atoms. The number of hydrogen-bond acceptors (Lipinski definition) is 7. The van der Waals surface area contributed by atoms with Crippen molar-refractivity contribution in [2.24, 2.45) is 0 Å². The third kappa shape index (κ3) is 3.29. The number of nitriles is 1. The van der Waals surface area contributed by atoms with Gasteiger partial charge in [0, 0.05) is 6.08 Å². The van der Waals surface area contributed by atoms with Gasteiger partial charge in [-0.2, -0.15) is 5.26 Å². The minimum atomic E-state index is -0.833. The lowest BCUT2D eigenvalue weighted by molar-refractivity contribution is 0.0521. The fourth-order valence-corrected chi connectivity index (χ4v) is 1.19. The van der Waals surface area contributed by atoms with Crippen LogP contribution in [-0.4, -0.2) is 31.3 Å². The summed E-state index contributed by atoms with van der Waals surface area (Å²) in [5, 5.41) is 11.9. The molecule has 7 heteroatoms. The van der Waals surface area contributed by atoms with E-state index in [1.807, 2.05) is 0 Å². The lowest BCUT2D eigenvalue weighted by Crippen LogP contribution is -2.10. The molecule has 1 aromatic rings. The van der Waals surface area contributed by atoms with E-state index in [-0.39, 0.29) is 17.0 Å². The second-order valence-electron chi connectivity index (χ2n) is 3.10. The molecule has 1 heterocycles. The van der Waals surface area contributed by atoms with Crippen molar-refractivity contribution in [2.45, 2.75) is 0 Å². The normalized spacial score (nSPS) is 10.6. The molecule has 0 aliphatic carbocycles. The predicted octanol–water partition coefficient (Wildman–Crippen LogP) is 1.34. The van der Waals surface area contributed by atoms with Gasteiger partial charge in [-0.3, -0.25) is 0 Å². The molecule has 0 saturated heterocycles. The zero-order chi connectivity index (χ0) is 14.3. The number of esters is 2.